The fraction of sp³-hybridized carbons (Fsp3) is 0.877. The van der Waals surface area contributed by atoms with Crippen LogP contribution in [0.3, 0.4) is 0 Å². The van der Waals surface area contributed by atoms with Crippen molar-refractivity contribution < 1.29 is 28.6 Å². The minimum Gasteiger partial charge on any atom is -0.462 e. The van der Waals surface area contributed by atoms with E-state index in [2.05, 4.69) is 57.2 Å². The third-order valence-corrected chi connectivity index (χ3v) is 16.1. The number of carbonyl (C=O) groups excluding carboxylic acids is 3. The molecule has 0 N–H and O–H groups in total. The Kier molecular flexibility index (Phi) is 66.1. The number of esters is 3. The second kappa shape index (κ2) is 68.1. The van der Waals surface area contributed by atoms with Crippen LogP contribution in [0.25, 0.3) is 0 Å². The quantitative estimate of drug-likeness (QED) is 0.0261. The SMILES string of the molecule is CCCCC/C=C\C/C=C\CCCCCCCC(=O)OCC(COC(=O)CCCCCCCCCCCCCCCCC/C=C\CCCCCCCCCC)OC(=O)CCCCCCCCCCCCCCCCCCCCC. The van der Waals surface area contributed by atoms with Crippen molar-refractivity contribution in [2.24, 2.45) is 0 Å². The average Bonchev–Trinajstić information content (AvgIpc) is 3.45. The van der Waals surface area contributed by atoms with Gasteiger partial charge in [0.15, 0.2) is 6.10 Å². The first-order valence-electron chi connectivity index (χ1n) is 35.5. The number of rotatable bonds is 66. The van der Waals surface area contributed by atoms with Gasteiger partial charge in [-0.2, -0.15) is 0 Å². The number of carbonyl (C=O) groups is 3. The Labute approximate surface area is 493 Å². The maximum Gasteiger partial charge on any atom is 0.306 e. The minimum absolute atomic E-state index is 0.0714. The lowest BCUT2D eigenvalue weighted by molar-refractivity contribution is -0.167. The predicted octanol–water partition coefficient (Wildman–Crippen LogP) is 24.3. The maximum atomic E-state index is 12.9. The van der Waals surface area contributed by atoms with Crippen molar-refractivity contribution in [1.29, 1.82) is 0 Å². The topological polar surface area (TPSA) is 78.9 Å². The van der Waals surface area contributed by atoms with Crippen molar-refractivity contribution in [1.82, 2.24) is 0 Å². The third-order valence-electron chi connectivity index (χ3n) is 16.1. The first-order valence-corrected chi connectivity index (χ1v) is 35.5. The molecule has 0 bridgehead atoms. The summed E-state index contributed by atoms with van der Waals surface area (Å²) in [7, 11) is 0. The molecule has 0 aliphatic rings. The van der Waals surface area contributed by atoms with Gasteiger partial charge in [0.25, 0.3) is 0 Å². The van der Waals surface area contributed by atoms with Crippen LogP contribution in [0.1, 0.15) is 393 Å². The van der Waals surface area contributed by atoms with Gasteiger partial charge in [-0.1, -0.05) is 333 Å². The molecule has 1 atom stereocenters. The average molecular weight is 1110 g/mol. The maximum absolute atomic E-state index is 12.9. The van der Waals surface area contributed by atoms with Crippen molar-refractivity contribution in [2.75, 3.05) is 13.2 Å². The molecule has 0 amide bonds. The number of ether oxygens (including phenoxy) is 3. The summed E-state index contributed by atoms with van der Waals surface area (Å²) in [5.74, 6) is -0.856. The molecule has 0 saturated carbocycles. The van der Waals surface area contributed by atoms with Crippen LogP contribution in [0, 0.1) is 0 Å². The van der Waals surface area contributed by atoms with Crippen molar-refractivity contribution in [3.63, 3.8) is 0 Å². The second-order valence-corrected chi connectivity index (χ2v) is 24.1. The molecule has 0 radical (unpaired) electrons. The van der Waals surface area contributed by atoms with Gasteiger partial charge in [0, 0.05) is 19.3 Å². The molecule has 0 rings (SSSR count). The summed E-state index contributed by atoms with van der Waals surface area (Å²) in [4.78, 5) is 38.4. The van der Waals surface area contributed by atoms with Crippen LogP contribution < -0.4 is 0 Å². The third kappa shape index (κ3) is 66.3. The molecule has 0 saturated heterocycles. The van der Waals surface area contributed by atoms with Gasteiger partial charge in [-0.05, 0) is 77.0 Å². The lowest BCUT2D eigenvalue weighted by Crippen LogP contribution is -2.30. The summed E-state index contributed by atoms with van der Waals surface area (Å²) in [6.07, 6.45) is 84.6. The van der Waals surface area contributed by atoms with Gasteiger partial charge >= 0.3 is 17.9 Å². The van der Waals surface area contributed by atoms with E-state index in [0.29, 0.717) is 19.3 Å². The predicted molar refractivity (Wildman–Crippen MR) is 344 cm³/mol. The van der Waals surface area contributed by atoms with E-state index in [-0.39, 0.29) is 31.1 Å². The molecule has 0 fully saturated rings. The summed E-state index contributed by atoms with van der Waals surface area (Å²) in [6.45, 7) is 6.68. The highest BCUT2D eigenvalue weighted by Gasteiger charge is 2.19. The van der Waals surface area contributed by atoms with Crippen molar-refractivity contribution in [3.05, 3.63) is 36.5 Å². The molecule has 0 aliphatic heterocycles. The Hall–Kier alpha value is -2.37. The summed E-state index contributed by atoms with van der Waals surface area (Å²) in [6, 6.07) is 0. The zero-order chi connectivity index (χ0) is 57.1. The smallest absolute Gasteiger partial charge is 0.306 e. The van der Waals surface area contributed by atoms with Crippen molar-refractivity contribution >= 4 is 17.9 Å². The van der Waals surface area contributed by atoms with E-state index in [1.807, 2.05) is 0 Å². The van der Waals surface area contributed by atoms with Gasteiger partial charge in [-0.25, -0.2) is 0 Å². The normalized spacial score (nSPS) is 12.2. The van der Waals surface area contributed by atoms with Crippen LogP contribution in [0.4, 0.5) is 0 Å². The van der Waals surface area contributed by atoms with E-state index in [0.717, 1.165) is 77.0 Å². The molecule has 6 nitrogen and oxygen atoms in total. The zero-order valence-electron chi connectivity index (χ0n) is 53.4. The van der Waals surface area contributed by atoms with Crippen LogP contribution >= 0.6 is 0 Å². The molecule has 0 aliphatic carbocycles. The fourth-order valence-electron chi connectivity index (χ4n) is 10.8. The Morgan fingerprint density at radius 2 is 0.456 bits per heavy atom. The highest BCUT2D eigenvalue weighted by Crippen LogP contribution is 2.18. The first kappa shape index (κ1) is 76.6. The van der Waals surface area contributed by atoms with Gasteiger partial charge in [0.05, 0.1) is 0 Å². The lowest BCUT2D eigenvalue weighted by atomic mass is 10.0. The van der Waals surface area contributed by atoms with Gasteiger partial charge in [0.2, 0.25) is 0 Å². The molecule has 0 spiro atoms. The van der Waals surface area contributed by atoms with Crippen molar-refractivity contribution in [3.8, 4) is 0 Å². The number of hydrogen-bond acceptors (Lipinski definition) is 6. The molecular weight excluding hydrogens is 973 g/mol. The van der Waals surface area contributed by atoms with Crippen LogP contribution in [0.5, 0.6) is 0 Å². The molecular formula is C73H136O6. The Morgan fingerprint density at radius 1 is 0.253 bits per heavy atom. The Balaban J connectivity index is 4.24. The first-order chi connectivity index (χ1) is 39.0. The van der Waals surface area contributed by atoms with Gasteiger partial charge in [-0.3, -0.25) is 14.4 Å². The number of allylic oxidation sites excluding steroid dienone is 6. The van der Waals surface area contributed by atoms with Crippen LogP contribution in [-0.2, 0) is 28.6 Å². The van der Waals surface area contributed by atoms with E-state index in [1.54, 1.807) is 0 Å². The van der Waals surface area contributed by atoms with E-state index < -0.39 is 6.10 Å². The Bertz CT molecular complexity index is 1320. The van der Waals surface area contributed by atoms with Gasteiger partial charge < -0.3 is 14.2 Å². The highest BCUT2D eigenvalue weighted by molar-refractivity contribution is 5.71. The zero-order valence-corrected chi connectivity index (χ0v) is 53.4. The minimum atomic E-state index is -0.776. The molecule has 0 aromatic rings. The van der Waals surface area contributed by atoms with Gasteiger partial charge in [0.1, 0.15) is 13.2 Å². The lowest BCUT2D eigenvalue weighted by Gasteiger charge is -2.18. The summed E-state index contributed by atoms with van der Waals surface area (Å²) < 4.78 is 17.0. The van der Waals surface area contributed by atoms with E-state index >= 15 is 0 Å². The van der Waals surface area contributed by atoms with E-state index in [9.17, 15) is 14.4 Å². The number of unbranched alkanes of at least 4 members (excludes halogenated alkanes) is 49. The fourth-order valence-corrected chi connectivity index (χ4v) is 10.8. The molecule has 6 heteroatoms. The largest absolute Gasteiger partial charge is 0.462 e. The summed E-state index contributed by atoms with van der Waals surface area (Å²) >= 11 is 0. The van der Waals surface area contributed by atoms with E-state index in [4.69, 9.17) is 14.2 Å². The highest BCUT2D eigenvalue weighted by atomic mass is 16.6. The second-order valence-electron chi connectivity index (χ2n) is 24.1. The summed E-state index contributed by atoms with van der Waals surface area (Å²) in [5.41, 5.74) is 0. The molecule has 1 unspecified atom stereocenters. The summed E-state index contributed by atoms with van der Waals surface area (Å²) in [5, 5.41) is 0. The van der Waals surface area contributed by atoms with Crippen molar-refractivity contribution in [2.45, 2.75) is 399 Å². The standard InChI is InChI=1S/C73H136O6/c1-4-7-10-13-16-19-22-25-28-30-32-33-34-35-36-37-38-39-41-42-45-48-51-54-57-60-63-66-72(75)78-69-70(68-77-71(74)65-62-59-56-53-50-47-44-27-24-21-18-15-12-9-6-3)79-73(76)67-64-61-58-55-52-49-46-43-40-31-29-26-23-20-17-14-11-8-5-2/h18,21,27,30,32,44,70H,4-17,19-20,22-26,28-29,31,33-43,45-69H2,1-3H3/b21-18-,32-30-,44-27-. The molecule has 0 aromatic heterocycles. The Morgan fingerprint density at radius 3 is 0.734 bits per heavy atom. The van der Waals surface area contributed by atoms with Crippen LogP contribution in [0.15, 0.2) is 36.5 Å². The van der Waals surface area contributed by atoms with E-state index in [1.165, 1.54) is 276 Å². The molecule has 464 valence electrons. The molecule has 0 aromatic carbocycles. The number of hydrogen-bond donors (Lipinski definition) is 0. The monoisotopic (exact) mass is 1110 g/mol. The van der Waals surface area contributed by atoms with Crippen LogP contribution in [0.2, 0.25) is 0 Å². The van der Waals surface area contributed by atoms with Crippen LogP contribution in [-0.4, -0.2) is 37.2 Å². The molecule has 79 heavy (non-hydrogen) atoms. The molecule has 0 heterocycles. The van der Waals surface area contributed by atoms with Gasteiger partial charge in [-0.15, -0.1) is 0 Å².